The Morgan fingerprint density at radius 1 is 1.11 bits per heavy atom. The van der Waals surface area contributed by atoms with Crippen LogP contribution in [0.5, 0.6) is 5.75 Å². The predicted molar refractivity (Wildman–Crippen MR) is 110 cm³/mol. The van der Waals surface area contributed by atoms with Crippen LogP contribution in [0.1, 0.15) is 29.0 Å². The minimum atomic E-state index is 0.140. The number of fused-ring (bicyclic) bond motifs is 1. The first kappa shape index (κ1) is 18.0. The molecule has 0 radical (unpaired) electrons. The number of rotatable bonds is 4. The van der Waals surface area contributed by atoms with Crippen molar-refractivity contribution in [1.82, 2.24) is 9.80 Å². The molecule has 2 unspecified atom stereocenters. The first-order valence-electron chi connectivity index (χ1n) is 10.2. The Kier molecular flexibility index (Phi) is 4.77. The molecule has 2 fully saturated rings. The summed E-state index contributed by atoms with van der Waals surface area (Å²) in [6, 6.07) is 14.5. The van der Waals surface area contributed by atoms with Crippen LogP contribution in [0.2, 0.25) is 5.02 Å². The number of piperazine rings is 1. The molecule has 2 aromatic carbocycles. The van der Waals surface area contributed by atoms with Crippen molar-refractivity contribution in [3.05, 3.63) is 64.2 Å². The van der Waals surface area contributed by atoms with E-state index in [-0.39, 0.29) is 5.92 Å². The van der Waals surface area contributed by atoms with Gasteiger partial charge in [-0.25, -0.2) is 0 Å². The van der Waals surface area contributed by atoms with Gasteiger partial charge in [0.25, 0.3) is 0 Å². The van der Waals surface area contributed by atoms with Gasteiger partial charge in [0, 0.05) is 50.1 Å². The van der Waals surface area contributed by atoms with E-state index in [0.29, 0.717) is 11.8 Å². The van der Waals surface area contributed by atoms with Gasteiger partial charge < -0.3 is 9.64 Å². The van der Waals surface area contributed by atoms with Crippen molar-refractivity contribution in [3.63, 3.8) is 0 Å². The van der Waals surface area contributed by atoms with Crippen LogP contribution in [-0.2, 0) is 17.8 Å². The van der Waals surface area contributed by atoms with Crippen LogP contribution in [0.15, 0.2) is 42.5 Å². The highest BCUT2D eigenvalue weighted by molar-refractivity contribution is 6.30. The maximum absolute atomic E-state index is 12.9. The lowest BCUT2D eigenvalue weighted by atomic mass is 10.1. The number of carbonyl (C=O) groups excluding carboxylic acids is 1. The van der Waals surface area contributed by atoms with Gasteiger partial charge in [-0.15, -0.1) is 0 Å². The molecule has 2 aromatic rings. The third-order valence-corrected chi connectivity index (χ3v) is 6.46. The van der Waals surface area contributed by atoms with Gasteiger partial charge in [-0.1, -0.05) is 35.9 Å². The summed E-state index contributed by atoms with van der Waals surface area (Å²) < 4.78 is 5.59. The summed E-state index contributed by atoms with van der Waals surface area (Å²) in [6.07, 6.45) is 1.97. The molecular weight excluding hydrogens is 372 g/mol. The number of halogens is 1. The van der Waals surface area contributed by atoms with E-state index in [1.54, 1.807) is 0 Å². The van der Waals surface area contributed by atoms with Gasteiger partial charge in [0.05, 0.1) is 6.61 Å². The number of ether oxygens (including phenoxy) is 1. The quantitative estimate of drug-likeness (QED) is 0.789. The molecule has 28 heavy (non-hydrogen) atoms. The maximum atomic E-state index is 12.9. The number of hydrogen-bond acceptors (Lipinski definition) is 3. The van der Waals surface area contributed by atoms with Crippen LogP contribution in [0.4, 0.5) is 0 Å². The van der Waals surface area contributed by atoms with Crippen molar-refractivity contribution < 1.29 is 9.53 Å². The van der Waals surface area contributed by atoms with Crippen LogP contribution in [0, 0.1) is 5.92 Å². The Labute approximate surface area is 171 Å². The monoisotopic (exact) mass is 396 g/mol. The number of nitrogens with zero attached hydrogens (tertiary/aromatic N) is 2. The number of benzene rings is 2. The van der Waals surface area contributed by atoms with E-state index in [2.05, 4.69) is 34.1 Å². The third-order valence-electron chi connectivity index (χ3n) is 6.23. The summed E-state index contributed by atoms with van der Waals surface area (Å²) in [5, 5.41) is 0.752. The van der Waals surface area contributed by atoms with Crippen LogP contribution >= 0.6 is 11.6 Å². The van der Waals surface area contributed by atoms with Gasteiger partial charge in [0.2, 0.25) is 5.91 Å². The van der Waals surface area contributed by atoms with Crippen LogP contribution in [0.3, 0.4) is 0 Å². The lowest BCUT2D eigenvalue weighted by molar-refractivity contribution is -0.134. The predicted octanol–water partition coefficient (Wildman–Crippen LogP) is 3.72. The molecule has 1 saturated carbocycles. The highest BCUT2D eigenvalue weighted by Gasteiger charge is 2.46. The minimum Gasteiger partial charge on any atom is -0.493 e. The van der Waals surface area contributed by atoms with E-state index in [1.165, 1.54) is 16.7 Å². The smallest absolute Gasteiger partial charge is 0.226 e. The molecule has 5 heteroatoms. The van der Waals surface area contributed by atoms with Gasteiger partial charge in [-0.05, 0) is 47.2 Å². The second kappa shape index (κ2) is 7.41. The average molecular weight is 397 g/mol. The molecule has 2 aliphatic heterocycles. The normalized spacial score (nSPS) is 24.0. The van der Waals surface area contributed by atoms with Crippen LogP contribution < -0.4 is 4.74 Å². The molecule has 3 aliphatic rings. The molecule has 0 aromatic heterocycles. The molecular formula is C23H25ClN2O2. The number of amides is 1. The molecule has 2 atom stereocenters. The standard InChI is InChI=1S/C23H25ClN2O2/c24-19-3-1-2-17(13-19)20-14-21(20)23(27)26-9-7-25(8-10-26)15-16-4-5-22-18(12-16)6-11-28-22/h1-5,12-13,20-21H,6-11,14-15H2. The van der Waals surface area contributed by atoms with Gasteiger partial charge in [0.1, 0.15) is 5.75 Å². The minimum absolute atomic E-state index is 0.140. The summed E-state index contributed by atoms with van der Waals surface area (Å²) in [7, 11) is 0. The average Bonchev–Trinajstić information content (AvgIpc) is 3.38. The van der Waals surface area contributed by atoms with Crippen LogP contribution in [0.25, 0.3) is 0 Å². The molecule has 5 rings (SSSR count). The van der Waals surface area contributed by atoms with E-state index in [4.69, 9.17) is 16.3 Å². The van der Waals surface area contributed by atoms with E-state index in [9.17, 15) is 4.79 Å². The fourth-order valence-electron chi connectivity index (χ4n) is 4.53. The van der Waals surface area contributed by atoms with E-state index in [0.717, 1.165) is 62.9 Å². The van der Waals surface area contributed by atoms with Gasteiger partial charge >= 0.3 is 0 Å². The Bertz CT molecular complexity index is 892. The molecule has 0 bridgehead atoms. The van der Waals surface area contributed by atoms with E-state index >= 15 is 0 Å². The van der Waals surface area contributed by atoms with Gasteiger partial charge in [-0.2, -0.15) is 0 Å². The topological polar surface area (TPSA) is 32.8 Å². The van der Waals surface area contributed by atoms with Crippen molar-refractivity contribution in [3.8, 4) is 5.75 Å². The number of carbonyl (C=O) groups is 1. The van der Waals surface area contributed by atoms with Crippen molar-refractivity contribution in [2.75, 3.05) is 32.8 Å². The summed E-state index contributed by atoms with van der Waals surface area (Å²) in [4.78, 5) is 17.4. The van der Waals surface area contributed by atoms with Crippen molar-refractivity contribution >= 4 is 17.5 Å². The second-order valence-electron chi connectivity index (χ2n) is 8.15. The zero-order valence-corrected chi connectivity index (χ0v) is 16.7. The van der Waals surface area contributed by atoms with Crippen molar-refractivity contribution in [2.24, 2.45) is 5.92 Å². The molecule has 2 heterocycles. The Morgan fingerprint density at radius 2 is 1.96 bits per heavy atom. The van der Waals surface area contributed by atoms with Crippen molar-refractivity contribution in [1.29, 1.82) is 0 Å². The van der Waals surface area contributed by atoms with Crippen LogP contribution in [-0.4, -0.2) is 48.5 Å². The highest BCUT2D eigenvalue weighted by Crippen LogP contribution is 2.49. The molecule has 1 saturated heterocycles. The SMILES string of the molecule is O=C(C1CC1c1cccc(Cl)c1)N1CCN(Cc2ccc3c(c2)CCO3)CC1. The summed E-state index contributed by atoms with van der Waals surface area (Å²) in [6.45, 7) is 5.28. The lowest BCUT2D eigenvalue weighted by Crippen LogP contribution is -2.48. The Balaban J connectivity index is 1.14. The number of hydrogen-bond donors (Lipinski definition) is 0. The first-order chi connectivity index (χ1) is 13.7. The summed E-state index contributed by atoms with van der Waals surface area (Å²) in [5.74, 6) is 1.84. The third kappa shape index (κ3) is 3.63. The highest BCUT2D eigenvalue weighted by atomic mass is 35.5. The van der Waals surface area contributed by atoms with E-state index in [1.807, 2.05) is 18.2 Å². The van der Waals surface area contributed by atoms with E-state index < -0.39 is 0 Å². The fourth-order valence-corrected chi connectivity index (χ4v) is 4.73. The lowest BCUT2D eigenvalue weighted by Gasteiger charge is -2.35. The second-order valence-corrected chi connectivity index (χ2v) is 8.58. The Morgan fingerprint density at radius 3 is 2.79 bits per heavy atom. The van der Waals surface area contributed by atoms with Gasteiger partial charge in [-0.3, -0.25) is 9.69 Å². The zero-order valence-electron chi connectivity index (χ0n) is 15.9. The molecule has 0 spiro atoms. The summed E-state index contributed by atoms with van der Waals surface area (Å²) in [5.41, 5.74) is 3.87. The fraction of sp³-hybridized carbons (Fsp3) is 0.435. The largest absolute Gasteiger partial charge is 0.493 e. The first-order valence-corrected chi connectivity index (χ1v) is 10.6. The molecule has 146 valence electrons. The molecule has 1 aliphatic carbocycles. The Hall–Kier alpha value is -2.04. The van der Waals surface area contributed by atoms with Crippen molar-refractivity contribution in [2.45, 2.75) is 25.3 Å². The molecule has 1 amide bonds. The van der Waals surface area contributed by atoms with Gasteiger partial charge in [0.15, 0.2) is 0 Å². The zero-order chi connectivity index (χ0) is 19.1. The summed E-state index contributed by atoms with van der Waals surface area (Å²) >= 11 is 6.10. The molecule has 4 nitrogen and oxygen atoms in total. The molecule has 0 N–H and O–H groups in total. The maximum Gasteiger partial charge on any atom is 0.226 e.